The summed E-state index contributed by atoms with van der Waals surface area (Å²) in [7, 11) is -4.50. The third-order valence-corrected chi connectivity index (χ3v) is 5.72. The summed E-state index contributed by atoms with van der Waals surface area (Å²) >= 11 is 1.70. The summed E-state index contributed by atoms with van der Waals surface area (Å²) in [6.45, 7) is 2.06. The molecule has 0 saturated carbocycles. The maximum atomic E-state index is 12.4. The van der Waals surface area contributed by atoms with Gasteiger partial charge in [-0.15, -0.1) is 0 Å². The first kappa shape index (κ1) is 17.0. The van der Waals surface area contributed by atoms with Gasteiger partial charge in [-0.3, -0.25) is 0 Å². The van der Waals surface area contributed by atoms with Crippen LogP contribution in [0.1, 0.15) is 16.7 Å². The molecule has 0 N–H and O–H groups in total. The molecule has 2 aromatic carbocycles. The molecule has 0 unspecified atom stereocenters. The fraction of sp³-hybridized carbons (Fsp3) is 0.250. The molecule has 2 rings (SSSR count). The van der Waals surface area contributed by atoms with Crippen LogP contribution in [0.15, 0.2) is 53.4 Å². The van der Waals surface area contributed by atoms with Gasteiger partial charge in [-0.2, -0.15) is 20.5 Å². The highest BCUT2D eigenvalue weighted by molar-refractivity contribution is 7.97. The first-order chi connectivity index (χ1) is 10.4. The summed E-state index contributed by atoms with van der Waals surface area (Å²) < 4.78 is 47.5. The van der Waals surface area contributed by atoms with Crippen molar-refractivity contribution < 1.29 is 17.2 Å². The van der Waals surface area contributed by atoms with E-state index in [4.69, 9.17) is 0 Å². The molecule has 0 heterocycles. The lowest BCUT2D eigenvalue weighted by atomic mass is 10.1. The van der Waals surface area contributed by atoms with Crippen molar-refractivity contribution in [3.63, 3.8) is 0 Å². The second-order valence-corrected chi connectivity index (χ2v) is 7.77. The molecule has 118 valence electrons. The van der Waals surface area contributed by atoms with Gasteiger partial charge in [-0.1, -0.05) is 36.4 Å². The highest BCUT2D eigenvalue weighted by Gasteiger charge is 2.26. The fourth-order valence-electron chi connectivity index (χ4n) is 1.93. The van der Waals surface area contributed by atoms with Crippen LogP contribution >= 0.6 is 11.8 Å². The van der Waals surface area contributed by atoms with E-state index in [0.717, 1.165) is 11.3 Å². The lowest BCUT2D eigenvalue weighted by Gasteiger charge is -2.07. The highest BCUT2D eigenvalue weighted by atomic mass is 32.2. The monoisotopic (exact) mass is 342 g/mol. The van der Waals surface area contributed by atoms with Gasteiger partial charge >= 0.3 is 5.76 Å². The first-order valence-corrected chi connectivity index (χ1v) is 9.34. The van der Waals surface area contributed by atoms with Gasteiger partial charge in [0.25, 0.3) is 0 Å². The number of halogens is 2. The molecule has 2 aromatic rings. The number of hydrogen-bond acceptors (Lipinski definition) is 3. The second kappa shape index (κ2) is 7.24. The quantitative estimate of drug-likeness (QED) is 0.779. The number of aryl methyl sites for hydroxylation is 1. The van der Waals surface area contributed by atoms with Crippen molar-refractivity contribution in [3.05, 3.63) is 65.2 Å². The zero-order chi connectivity index (χ0) is 16.2. The standard InChI is InChI=1S/C16H16F2O2S2/c1-12-4-2-3-5-14(12)11-21-10-13-6-8-15(9-7-13)22(19,20)16(17)18/h2-9,16H,10-11H2,1H3. The third-order valence-electron chi connectivity index (χ3n) is 3.27. The minimum absolute atomic E-state index is 0.338. The third kappa shape index (κ3) is 4.08. The van der Waals surface area contributed by atoms with Gasteiger partial charge < -0.3 is 0 Å². The molecule has 0 atom stereocenters. The second-order valence-electron chi connectivity index (χ2n) is 4.87. The molecular weight excluding hydrogens is 326 g/mol. The van der Waals surface area contributed by atoms with E-state index in [0.29, 0.717) is 5.75 Å². The molecule has 0 radical (unpaired) electrons. The van der Waals surface area contributed by atoms with Crippen LogP contribution < -0.4 is 0 Å². The Balaban J connectivity index is 1.97. The van der Waals surface area contributed by atoms with Crippen molar-refractivity contribution in [2.24, 2.45) is 0 Å². The zero-order valence-corrected chi connectivity index (χ0v) is 13.6. The molecule has 0 amide bonds. The number of rotatable bonds is 6. The van der Waals surface area contributed by atoms with E-state index in [1.807, 2.05) is 12.1 Å². The number of sulfone groups is 1. The minimum atomic E-state index is -4.50. The van der Waals surface area contributed by atoms with Gasteiger partial charge in [-0.05, 0) is 35.7 Å². The van der Waals surface area contributed by atoms with Crippen molar-refractivity contribution in [3.8, 4) is 0 Å². The normalized spacial score (nSPS) is 11.8. The summed E-state index contributed by atoms with van der Waals surface area (Å²) in [5.74, 6) is -1.83. The molecule has 0 spiro atoms. The van der Waals surface area contributed by atoms with Crippen molar-refractivity contribution in [2.75, 3.05) is 0 Å². The lowest BCUT2D eigenvalue weighted by Crippen LogP contribution is -2.11. The van der Waals surface area contributed by atoms with Gasteiger partial charge in [0.05, 0.1) is 4.90 Å². The molecule has 0 aliphatic rings. The lowest BCUT2D eigenvalue weighted by molar-refractivity contribution is 0.234. The fourth-order valence-corrected chi connectivity index (χ4v) is 3.72. The summed E-state index contributed by atoms with van der Waals surface area (Å²) in [6.07, 6.45) is 0. The van der Waals surface area contributed by atoms with E-state index in [9.17, 15) is 17.2 Å². The summed E-state index contributed by atoms with van der Waals surface area (Å²) in [4.78, 5) is -0.338. The van der Waals surface area contributed by atoms with Crippen LogP contribution in [0.4, 0.5) is 8.78 Å². The zero-order valence-electron chi connectivity index (χ0n) is 12.0. The smallest absolute Gasteiger partial charge is 0.218 e. The Bertz CT molecular complexity index is 726. The van der Waals surface area contributed by atoms with Crippen LogP contribution in [0.5, 0.6) is 0 Å². The molecule has 0 aliphatic heterocycles. The van der Waals surface area contributed by atoms with Gasteiger partial charge in [0.2, 0.25) is 9.84 Å². The Hall–Kier alpha value is -1.40. The number of hydrogen-bond donors (Lipinski definition) is 0. The predicted molar refractivity (Wildman–Crippen MR) is 85.8 cm³/mol. The number of benzene rings is 2. The Labute approximate surface area is 133 Å². The number of thioether (sulfide) groups is 1. The molecule has 2 nitrogen and oxygen atoms in total. The average molecular weight is 342 g/mol. The molecular formula is C16H16F2O2S2. The summed E-state index contributed by atoms with van der Waals surface area (Å²) in [5, 5.41) is 0. The van der Waals surface area contributed by atoms with Crippen molar-refractivity contribution in [2.45, 2.75) is 29.1 Å². The largest absolute Gasteiger partial charge is 0.341 e. The van der Waals surface area contributed by atoms with Crippen LogP contribution in [0.25, 0.3) is 0 Å². The predicted octanol–water partition coefficient (Wildman–Crippen LogP) is 4.42. The van der Waals surface area contributed by atoms with Gasteiger partial charge in [0, 0.05) is 11.5 Å². The van der Waals surface area contributed by atoms with E-state index in [1.54, 1.807) is 23.9 Å². The van der Waals surface area contributed by atoms with Crippen LogP contribution in [-0.2, 0) is 21.3 Å². The molecule has 0 bridgehead atoms. The average Bonchev–Trinajstić information content (AvgIpc) is 2.49. The summed E-state index contributed by atoms with van der Waals surface area (Å²) in [6, 6.07) is 13.8. The first-order valence-electron chi connectivity index (χ1n) is 6.64. The van der Waals surface area contributed by atoms with Gasteiger partial charge in [0.15, 0.2) is 0 Å². The van der Waals surface area contributed by atoms with Crippen molar-refractivity contribution in [1.29, 1.82) is 0 Å². The van der Waals surface area contributed by atoms with E-state index < -0.39 is 15.6 Å². The van der Waals surface area contributed by atoms with Gasteiger partial charge in [0.1, 0.15) is 0 Å². The van der Waals surface area contributed by atoms with E-state index in [1.165, 1.54) is 23.3 Å². The van der Waals surface area contributed by atoms with E-state index in [2.05, 4.69) is 19.1 Å². The van der Waals surface area contributed by atoms with Crippen LogP contribution in [0.2, 0.25) is 0 Å². The Morgan fingerprint density at radius 1 is 1.00 bits per heavy atom. The Kier molecular flexibility index (Phi) is 5.58. The van der Waals surface area contributed by atoms with Crippen LogP contribution in [0, 0.1) is 6.92 Å². The molecule has 0 aromatic heterocycles. The Morgan fingerprint density at radius 3 is 2.23 bits per heavy atom. The number of alkyl halides is 2. The molecule has 0 aliphatic carbocycles. The van der Waals surface area contributed by atoms with E-state index >= 15 is 0 Å². The molecule has 0 saturated heterocycles. The SMILES string of the molecule is Cc1ccccc1CSCc1ccc(S(=O)(=O)C(F)F)cc1. The topological polar surface area (TPSA) is 34.1 Å². The maximum Gasteiger partial charge on any atom is 0.341 e. The van der Waals surface area contributed by atoms with Gasteiger partial charge in [-0.25, -0.2) is 8.42 Å². The maximum absolute atomic E-state index is 12.4. The molecule has 6 heteroatoms. The molecule has 0 fully saturated rings. The van der Waals surface area contributed by atoms with Crippen molar-refractivity contribution >= 4 is 21.6 Å². The minimum Gasteiger partial charge on any atom is -0.218 e. The Morgan fingerprint density at radius 2 is 1.64 bits per heavy atom. The highest BCUT2D eigenvalue weighted by Crippen LogP contribution is 2.22. The van der Waals surface area contributed by atoms with Crippen molar-refractivity contribution in [1.82, 2.24) is 0 Å². The summed E-state index contributed by atoms with van der Waals surface area (Å²) in [5.41, 5.74) is 3.39. The molecule has 22 heavy (non-hydrogen) atoms. The van der Waals surface area contributed by atoms with Crippen LogP contribution in [0.3, 0.4) is 0 Å². The van der Waals surface area contributed by atoms with Crippen LogP contribution in [-0.4, -0.2) is 14.2 Å². The van der Waals surface area contributed by atoms with E-state index in [-0.39, 0.29) is 4.90 Å².